The van der Waals surface area contributed by atoms with Crippen molar-refractivity contribution < 1.29 is 23.9 Å². The molecule has 0 aromatic heterocycles. The van der Waals surface area contributed by atoms with Crippen LogP contribution in [0.5, 0.6) is 0 Å². The predicted octanol–water partition coefficient (Wildman–Crippen LogP) is -0.246. The molecule has 1 saturated heterocycles. The van der Waals surface area contributed by atoms with Gasteiger partial charge in [0.05, 0.1) is 26.7 Å². The van der Waals surface area contributed by atoms with Gasteiger partial charge in [0.25, 0.3) is 0 Å². The third-order valence-electron chi connectivity index (χ3n) is 2.83. The second-order valence-corrected chi connectivity index (χ2v) is 4.14. The molecule has 18 heavy (non-hydrogen) atoms. The van der Waals surface area contributed by atoms with Crippen molar-refractivity contribution >= 4 is 18.0 Å². The number of rotatable bonds is 3. The highest BCUT2D eigenvalue weighted by Crippen LogP contribution is 2.17. The second-order valence-electron chi connectivity index (χ2n) is 4.14. The van der Waals surface area contributed by atoms with Gasteiger partial charge in [0.1, 0.15) is 0 Å². The number of imide groups is 1. The lowest BCUT2D eigenvalue weighted by Gasteiger charge is -2.30. The van der Waals surface area contributed by atoms with Crippen LogP contribution in [0.15, 0.2) is 0 Å². The molecule has 1 aliphatic heterocycles. The van der Waals surface area contributed by atoms with Gasteiger partial charge < -0.3 is 9.47 Å². The third-order valence-corrected chi connectivity index (χ3v) is 2.83. The molecule has 1 fully saturated rings. The smallest absolute Gasteiger partial charge is 0.413 e. The van der Waals surface area contributed by atoms with Gasteiger partial charge in [-0.25, -0.2) is 4.79 Å². The van der Waals surface area contributed by atoms with Crippen molar-refractivity contribution in [1.29, 1.82) is 0 Å². The first kappa shape index (κ1) is 14.4. The van der Waals surface area contributed by atoms with Gasteiger partial charge in [-0.3, -0.25) is 19.8 Å². The number of likely N-dealkylation sites (tertiary alicyclic amines) is 1. The molecule has 0 aromatic carbocycles. The normalized spacial score (nSPS) is 20.0. The van der Waals surface area contributed by atoms with Crippen LogP contribution in [0, 0.1) is 5.92 Å². The van der Waals surface area contributed by atoms with E-state index in [2.05, 4.69) is 14.8 Å². The maximum atomic E-state index is 11.5. The minimum Gasteiger partial charge on any atom is -0.469 e. The Morgan fingerprint density at radius 3 is 2.61 bits per heavy atom. The average molecular weight is 258 g/mol. The molecule has 1 aliphatic rings. The van der Waals surface area contributed by atoms with Gasteiger partial charge in [-0.05, 0) is 19.4 Å². The number of carbonyl (C=O) groups excluding carboxylic acids is 3. The lowest BCUT2D eigenvalue weighted by molar-refractivity contribution is -0.147. The van der Waals surface area contributed by atoms with Gasteiger partial charge in [-0.1, -0.05) is 0 Å². The predicted molar refractivity (Wildman–Crippen MR) is 61.7 cm³/mol. The van der Waals surface area contributed by atoms with E-state index in [1.165, 1.54) is 14.2 Å². The highest BCUT2D eigenvalue weighted by molar-refractivity contribution is 5.92. The number of nitrogens with zero attached hydrogens (tertiary/aromatic N) is 1. The molecular weight excluding hydrogens is 240 g/mol. The highest BCUT2D eigenvalue weighted by atomic mass is 16.5. The highest BCUT2D eigenvalue weighted by Gasteiger charge is 2.27. The lowest BCUT2D eigenvalue weighted by Crippen LogP contribution is -2.45. The first-order chi connectivity index (χ1) is 8.56. The molecule has 0 bridgehead atoms. The molecule has 1 unspecified atom stereocenters. The van der Waals surface area contributed by atoms with Crippen molar-refractivity contribution in [2.24, 2.45) is 5.92 Å². The van der Waals surface area contributed by atoms with Gasteiger partial charge >= 0.3 is 12.1 Å². The Balaban J connectivity index is 2.40. The van der Waals surface area contributed by atoms with Gasteiger partial charge in [0, 0.05) is 6.54 Å². The minimum absolute atomic E-state index is 0.0720. The van der Waals surface area contributed by atoms with Crippen molar-refractivity contribution in [3.8, 4) is 0 Å². The number of amides is 2. The molecular formula is C11H18N2O5. The Bertz CT molecular complexity index is 331. The maximum absolute atomic E-state index is 11.5. The van der Waals surface area contributed by atoms with Gasteiger partial charge in [0.2, 0.25) is 5.91 Å². The van der Waals surface area contributed by atoms with Gasteiger partial charge in [0.15, 0.2) is 0 Å². The molecule has 1 rings (SSSR count). The summed E-state index contributed by atoms with van der Waals surface area (Å²) in [5.74, 6) is -0.893. The number of ether oxygens (including phenoxy) is 2. The number of nitrogens with one attached hydrogen (secondary N) is 1. The van der Waals surface area contributed by atoms with Crippen LogP contribution in [0.2, 0.25) is 0 Å². The molecule has 1 N–H and O–H groups in total. The van der Waals surface area contributed by atoms with Gasteiger partial charge in [-0.2, -0.15) is 0 Å². The van der Waals surface area contributed by atoms with Crippen LogP contribution in [-0.2, 0) is 19.1 Å². The number of hydrogen-bond acceptors (Lipinski definition) is 6. The monoisotopic (exact) mass is 258 g/mol. The molecule has 7 nitrogen and oxygen atoms in total. The summed E-state index contributed by atoms with van der Waals surface area (Å²) in [6, 6.07) is 0. The van der Waals surface area contributed by atoms with E-state index in [1.54, 1.807) is 0 Å². The van der Waals surface area contributed by atoms with Crippen LogP contribution >= 0.6 is 0 Å². The molecule has 1 atom stereocenters. The zero-order chi connectivity index (χ0) is 13.5. The summed E-state index contributed by atoms with van der Waals surface area (Å²) in [5.41, 5.74) is 0. The van der Waals surface area contributed by atoms with Crippen LogP contribution in [-0.4, -0.2) is 56.7 Å². The van der Waals surface area contributed by atoms with E-state index < -0.39 is 12.0 Å². The average Bonchev–Trinajstić information content (AvgIpc) is 2.37. The standard InChI is InChI=1S/C11H18N2O5/c1-17-10(15)8-4-3-5-13(6-8)7-9(14)12-11(16)18-2/h8H,3-7H2,1-2H3,(H,12,14,16). The SMILES string of the molecule is COC(=O)NC(=O)CN1CCCC(C(=O)OC)C1. The first-order valence-electron chi connectivity index (χ1n) is 5.74. The third kappa shape index (κ3) is 4.33. The number of carbonyl (C=O) groups is 3. The fourth-order valence-corrected chi connectivity index (χ4v) is 1.97. The summed E-state index contributed by atoms with van der Waals surface area (Å²) in [7, 11) is 2.54. The quantitative estimate of drug-likeness (QED) is 0.703. The van der Waals surface area contributed by atoms with Crippen LogP contribution in [0.25, 0.3) is 0 Å². The Labute approximate surface area is 105 Å². The van der Waals surface area contributed by atoms with Gasteiger partial charge in [-0.15, -0.1) is 0 Å². The molecule has 0 radical (unpaired) electrons. The molecule has 0 spiro atoms. The van der Waals surface area contributed by atoms with Crippen molar-refractivity contribution in [3.63, 3.8) is 0 Å². The zero-order valence-electron chi connectivity index (χ0n) is 10.6. The maximum Gasteiger partial charge on any atom is 0.413 e. The van der Waals surface area contributed by atoms with Crippen molar-refractivity contribution in [2.45, 2.75) is 12.8 Å². The summed E-state index contributed by atoms with van der Waals surface area (Å²) in [6.07, 6.45) is 0.814. The Morgan fingerprint density at radius 1 is 1.28 bits per heavy atom. The topological polar surface area (TPSA) is 84.9 Å². The molecule has 1 heterocycles. The van der Waals surface area contributed by atoms with E-state index in [9.17, 15) is 14.4 Å². The molecule has 2 amide bonds. The van der Waals surface area contributed by atoms with Crippen LogP contribution in [0.1, 0.15) is 12.8 Å². The van der Waals surface area contributed by atoms with Crippen LogP contribution in [0.4, 0.5) is 4.79 Å². The molecule has 0 saturated carbocycles. The van der Waals surface area contributed by atoms with Crippen molar-refractivity contribution in [3.05, 3.63) is 0 Å². The van der Waals surface area contributed by atoms with Crippen LogP contribution in [0.3, 0.4) is 0 Å². The Hall–Kier alpha value is -1.63. The summed E-state index contributed by atoms with van der Waals surface area (Å²) < 4.78 is 9.01. The van der Waals surface area contributed by atoms with Crippen LogP contribution < -0.4 is 5.32 Å². The molecule has 0 aromatic rings. The number of hydrogen-bond donors (Lipinski definition) is 1. The van der Waals surface area contributed by atoms with Crippen molar-refractivity contribution in [1.82, 2.24) is 10.2 Å². The minimum atomic E-state index is -0.776. The second kappa shape index (κ2) is 6.95. The number of methoxy groups -OCH3 is 2. The van der Waals surface area contributed by atoms with E-state index in [1.807, 2.05) is 4.90 Å². The Kier molecular flexibility index (Phi) is 5.57. The summed E-state index contributed by atoms with van der Waals surface area (Å²) in [5, 5.41) is 2.08. The first-order valence-corrected chi connectivity index (χ1v) is 5.74. The fourth-order valence-electron chi connectivity index (χ4n) is 1.97. The summed E-state index contributed by atoms with van der Waals surface area (Å²) >= 11 is 0. The zero-order valence-corrected chi connectivity index (χ0v) is 10.6. The number of esters is 1. The van der Waals surface area contributed by atoms with E-state index in [4.69, 9.17) is 0 Å². The summed E-state index contributed by atoms with van der Waals surface area (Å²) in [6.45, 7) is 1.27. The molecule has 7 heteroatoms. The Morgan fingerprint density at radius 2 is 2.00 bits per heavy atom. The lowest BCUT2D eigenvalue weighted by atomic mass is 9.98. The van der Waals surface area contributed by atoms with E-state index >= 15 is 0 Å². The van der Waals surface area contributed by atoms with Crippen molar-refractivity contribution in [2.75, 3.05) is 33.9 Å². The molecule has 0 aliphatic carbocycles. The molecule has 102 valence electrons. The van der Waals surface area contributed by atoms with E-state index in [-0.39, 0.29) is 18.4 Å². The van der Waals surface area contributed by atoms with E-state index in [0.717, 1.165) is 19.4 Å². The summed E-state index contributed by atoms with van der Waals surface area (Å²) in [4.78, 5) is 35.5. The number of alkyl carbamates (subject to hydrolysis) is 1. The largest absolute Gasteiger partial charge is 0.469 e. The fraction of sp³-hybridized carbons (Fsp3) is 0.727. The number of piperidine rings is 1. The van der Waals surface area contributed by atoms with E-state index in [0.29, 0.717) is 6.54 Å².